The first-order valence-electron chi connectivity index (χ1n) is 13.3. The molecule has 2 saturated heterocycles. The van der Waals surface area contributed by atoms with Crippen molar-refractivity contribution >= 4 is 11.8 Å². The van der Waals surface area contributed by atoms with Gasteiger partial charge in [0.1, 0.15) is 48.8 Å². The van der Waals surface area contributed by atoms with Crippen molar-refractivity contribution in [2.45, 2.75) is 113 Å². The average Bonchev–Trinajstić information content (AvgIpc) is 2.94. The number of ether oxygens (including phenoxy) is 2. The van der Waals surface area contributed by atoms with Gasteiger partial charge >= 0.3 is 0 Å². The second-order valence-corrected chi connectivity index (χ2v) is 9.65. The van der Waals surface area contributed by atoms with Gasteiger partial charge in [-0.3, -0.25) is 9.59 Å². The maximum Gasteiger partial charge on any atom is 0.222 e. The van der Waals surface area contributed by atoms with Crippen molar-refractivity contribution in [3.8, 4) is 23.7 Å². The number of carbonyl (C=O) groups is 2. The lowest BCUT2D eigenvalue weighted by atomic mass is 9.98. The monoisotopic (exact) mass is 572 g/mol. The van der Waals surface area contributed by atoms with Gasteiger partial charge in [0.15, 0.2) is 12.5 Å². The molecule has 0 aromatic rings. The highest BCUT2D eigenvalue weighted by Gasteiger charge is 2.44. The summed E-state index contributed by atoms with van der Waals surface area (Å²) < 4.78 is 10.5. The quantitative estimate of drug-likeness (QED) is 0.0794. The van der Waals surface area contributed by atoms with Gasteiger partial charge < -0.3 is 61.0 Å². The predicted molar refractivity (Wildman–Crippen MR) is 136 cm³/mol. The van der Waals surface area contributed by atoms with Crippen molar-refractivity contribution in [2.75, 3.05) is 13.2 Å². The summed E-state index contributed by atoms with van der Waals surface area (Å²) in [6.45, 7) is -1.16. The van der Waals surface area contributed by atoms with Crippen LogP contribution in [0.3, 0.4) is 0 Å². The summed E-state index contributed by atoms with van der Waals surface area (Å²) in [5.41, 5.74) is 0. The van der Waals surface area contributed by atoms with E-state index in [1.165, 1.54) is 0 Å². The normalized spacial score (nSPS) is 33.6. The molecular weight excluding hydrogens is 532 g/mol. The molecule has 0 spiro atoms. The van der Waals surface area contributed by atoms with E-state index < -0.39 is 86.3 Å². The van der Waals surface area contributed by atoms with E-state index in [0.29, 0.717) is 38.5 Å². The van der Waals surface area contributed by atoms with Crippen LogP contribution >= 0.6 is 0 Å². The van der Waals surface area contributed by atoms with Crippen LogP contribution in [0, 0.1) is 23.7 Å². The van der Waals surface area contributed by atoms with Crippen LogP contribution in [0.15, 0.2) is 0 Å². The van der Waals surface area contributed by atoms with Gasteiger partial charge in [0.05, 0.1) is 13.2 Å². The van der Waals surface area contributed by atoms with Crippen LogP contribution in [0.25, 0.3) is 0 Å². The van der Waals surface area contributed by atoms with Crippen LogP contribution in [0.2, 0.25) is 0 Å². The Balaban J connectivity index is 1.54. The topological polar surface area (TPSA) is 238 Å². The molecule has 0 unspecified atom stereocenters. The number of rotatable bonds is 12. The van der Waals surface area contributed by atoms with Gasteiger partial charge in [-0.25, -0.2) is 0 Å². The summed E-state index contributed by atoms with van der Waals surface area (Å²) >= 11 is 0. The van der Waals surface area contributed by atoms with Crippen LogP contribution in [-0.2, 0) is 19.1 Å². The van der Waals surface area contributed by atoms with E-state index in [4.69, 9.17) is 9.47 Å². The van der Waals surface area contributed by atoms with Crippen LogP contribution in [0.5, 0.6) is 0 Å². The van der Waals surface area contributed by atoms with E-state index in [1.807, 2.05) is 0 Å². The maximum absolute atomic E-state index is 12.1. The molecule has 0 bridgehead atoms. The van der Waals surface area contributed by atoms with Gasteiger partial charge in [0.25, 0.3) is 0 Å². The second-order valence-electron chi connectivity index (χ2n) is 9.65. The third-order valence-corrected chi connectivity index (χ3v) is 6.54. The molecule has 226 valence electrons. The molecule has 0 saturated carbocycles. The smallest absolute Gasteiger partial charge is 0.222 e. The summed E-state index contributed by atoms with van der Waals surface area (Å²) in [4.78, 5) is 24.1. The molecule has 0 aromatic heterocycles. The molecule has 10 atom stereocenters. The number of carbonyl (C=O) groups excluding carboxylic acids is 2. The maximum atomic E-state index is 12.1. The van der Waals surface area contributed by atoms with Gasteiger partial charge in [0, 0.05) is 25.7 Å². The van der Waals surface area contributed by atoms with Crippen molar-refractivity contribution < 1.29 is 59.9 Å². The summed E-state index contributed by atoms with van der Waals surface area (Å²) in [5, 5.41) is 82.1. The lowest BCUT2D eigenvalue weighted by Crippen LogP contribution is -2.63. The summed E-state index contributed by atoms with van der Waals surface area (Å²) in [7, 11) is 0. The highest BCUT2D eigenvalue weighted by molar-refractivity contribution is 5.76. The minimum atomic E-state index is -1.56. The molecule has 0 aliphatic carbocycles. The molecule has 2 fully saturated rings. The number of unbranched alkanes of at least 4 members (excludes halogenated alkanes) is 4. The largest absolute Gasteiger partial charge is 0.394 e. The predicted octanol–water partition coefficient (Wildman–Crippen LogP) is -4.05. The van der Waals surface area contributed by atoms with Gasteiger partial charge in [-0.1, -0.05) is 11.8 Å². The lowest BCUT2D eigenvalue weighted by molar-refractivity contribution is -0.236. The van der Waals surface area contributed by atoms with Gasteiger partial charge in [-0.2, -0.15) is 0 Å². The molecular formula is C26H40N2O12. The fraction of sp³-hybridized carbons (Fsp3) is 0.769. The van der Waals surface area contributed by atoms with Crippen molar-refractivity contribution in [2.24, 2.45) is 0 Å². The van der Waals surface area contributed by atoms with E-state index in [1.54, 1.807) is 0 Å². The molecule has 14 heteroatoms. The highest BCUT2D eigenvalue weighted by Crippen LogP contribution is 2.21. The fourth-order valence-corrected chi connectivity index (χ4v) is 4.11. The first-order chi connectivity index (χ1) is 19.1. The van der Waals surface area contributed by atoms with E-state index in [9.17, 15) is 50.4 Å². The van der Waals surface area contributed by atoms with Crippen molar-refractivity contribution in [3.63, 3.8) is 0 Å². The summed E-state index contributed by atoms with van der Waals surface area (Å²) in [6, 6.07) is 0. The zero-order valence-electron chi connectivity index (χ0n) is 22.1. The highest BCUT2D eigenvalue weighted by atomic mass is 16.6. The first kappa shape index (κ1) is 33.9. The molecule has 2 heterocycles. The molecule has 2 amide bonds. The lowest BCUT2D eigenvalue weighted by Gasteiger charge is -2.40. The molecule has 2 aliphatic heterocycles. The molecule has 14 nitrogen and oxygen atoms in total. The number of nitrogens with one attached hydrogen (secondary N) is 2. The third kappa shape index (κ3) is 10.2. The van der Waals surface area contributed by atoms with Crippen LogP contribution in [-0.4, -0.2) is 127 Å². The van der Waals surface area contributed by atoms with Crippen molar-refractivity contribution in [1.82, 2.24) is 10.6 Å². The van der Waals surface area contributed by atoms with Crippen LogP contribution < -0.4 is 10.6 Å². The Hall–Kier alpha value is -2.34. The SMILES string of the molecule is O=C(CCCCC#CC#CCCCCC(=O)N[C@@H]1O[C@H](CO)[C@@H](O)[C@H](O)[C@H]1O)N[C@@H]1O[C@H](CO)[C@@H](O)[C@H](O)[C@H]1O. The number of amides is 2. The van der Waals surface area contributed by atoms with Gasteiger partial charge in [-0.15, -0.1) is 0 Å². The van der Waals surface area contributed by atoms with Crippen LogP contribution in [0.1, 0.15) is 51.4 Å². The number of hydrogen-bond donors (Lipinski definition) is 10. The Bertz CT molecular complexity index is 850. The number of hydrogen-bond acceptors (Lipinski definition) is 12. The number of aliphatic hydroxyl groups excluding tert-OH is 8. The van der Waals surface area contributed by atoms with Crippen molar-refractivity contribution in [1.29, 1.82) is 0 Å². The molecule has 2 rings (SSSR count). The Morgan fingerprint density at radius 1 is 0.575 bits per heavy atom. The molecule has 10 N–H and O–H groups in total. The van der Waals surface area contributed by atoms with Crippen molar-refractivity contribution in [3.05, 3.63) is 0 Å². The minimum absolute atomic E-state index is 0.131. The zero-order valence-corrected chi connectivity index (χ0v) is 22.1. The molecule has 2 aliphatic rings. The Morgan fingerprint density at radius 3 is 1.30 bits per heavy atom. The third-order valence-electron chi connectivity index (χ3n) is 6.54. The zero-order chi connectivity index (χ0) is 29.7. The van der Waals surface area contributed by atoms with E-state index in [0.717, 1.165) is 0 Å². The summed E-state index contributed by atoms with van der Waals surface area (Å²) in [5.74, 6) is 10.3. The van der Waals surface area contributed by atoms with E-state index >= 15 is 0 Å². The van der Waals surface area contributed by atoms with Gasteiger partial charge in [0.2, 0.25) is 11.8 Å². The Kier molecular flexibility index (Phi) is 14.8. The number of aliphatic hydroxyl groups is 8. The Labute approximate surface area is 232 Å². The Morgan fingerprint density at radius 2 is 0.950 bits per heavy atom. The van der Waals surface area contributed by atoms with Crippen LogP contribution in [0.4, 0.5) is 0 Å². The average molecular weight is 573 g/mol. The molecule has 0 aromatic carbocycles. The fourth-order valence-electron chi connectivity index (χ4n) is 4.11. The molecule has 40 heavy (non-hydrogen) atoms. The standard InChI is InChI=1S/C26H40N2O12/c29-13-15-19(33)21(35)23(37)25(39-15)27-17(31)11-9-7-5-3-1-2-4-6-8-10-12-18(32)28-26-24(38)22(36)20(34)16(14-30)40-26/h15-16,19-26,29-30,33-38H,5-14H2,(H,27,31)(H,28,32)/t15-,16-,19-,20-,21+,22+,23-,24-,25-,26-/m1/s1. The summed E-state index contributed by atoms with van der Waals surface area (Å²) in [6.07, 6.45) is -10.3. The molecule has 0 radical (unpaired) electrons. The van der Waals surface area contributed by atoms with Gasteiger partial charge in [-0.05, 0) is 37.5 Å². The van der Waals surface area contributed by atoms with E-state index in [2.05, 4.69) is 34.3 Å². The van der Waals surface area contributed by atoms with E-state index in [-0.39, 0.29) is 12.8 Å². The first-order valence-corrected chi connectivity index (χ1v) is 13.3. The second kappa shape index (κ2) is 17.5. The minimum Gasteiger partial charge on any atom is -0.394 e.